The van der Waals surface area contributed by atoms with Crippen LogP contribution in [0.15, 0.2) is 84.9 Å². The number of carbonyl (C=O) groups is 3. The second-order valence-electron chi connectivity index (χ2n) is 8.75. The van der Waals surface area contributed by atoms with Gasteiger partial charge in [0, 0.05) is 19.4 Å². The minimum atomic E-state index is -1.06. The first-order valence-corrected chi connectivity index (χ1v) is 12.1. The van der Waals surface area contributed by atoms with E-state index >= 15 is 0 Å². The van der Waals surface area contributed by atoms with Gasteiger partial charge in [-0.15, -0.1) is 0 Å². The molecule has 0 aromatic heterocycles. The highest BCUT2D eigenvalue weighted by Gasteiger charge is 2.38. The van der Waals surface area contributed by atoms with Crippen molar-refractivity contribution in [2.45, 2.75) is 43.1 Å². The summed E-state index contributed by atoms with van der Waals surface area (Å²) in [6.07, 6.45) is 0.894. The second-order valence-corrected chi connectivity index (χ2v) is 9.37. The van der Waals surface area contributed by atoms with E-state index in [1.54, 1.807) is 0 Å². The first-order valence-electron chi connectivity index (χ1n) is 11.6. The zero-order chi connectivity index (χ0) is 24.8. The average molecular weight is 489 g/mol. The van der Waals surface area contributed by atoms with E-state index in [-0.39, 0.29) is 25.3 Å². The van der Waals surface area contributed by atoms with Crippen molar-refractivity contribution in [1.29, 1.82) is 0 Å². The molecule has 4 rings (SSSR count). The molecule has 3 aromatic rings. The van der Waals surface area contributed by atoms with Gasteiger partial charge < -0.3 is 15.3 Å². The summed E-state index contributed by atoms with van der Waals surface area (Å²) in [7, 11) is 0. The zero-order valence-electron chi connectivity index (χ0n) is 19.2. The average Bonchev–Trinajstić information content (AvgIpc) is 2.88. The molecular formula is C28H28N2O4S. The Balaban J connectivity index is 1.57. The van der Waals surface area contributed by atoms with Crippen LogP contribution in [-0.4, -0.2) is 45.1 Å². The van der Waals surface area contributed by atoms with Crippen molar-refractivity contribution in [2.75, 3.05) is 0 Å². The van der Waals surface area contributed by atoms with Crippen LogP contribution in [0, 0.1) is 0 Å². The van der Waals surface area contributed by atoms with Crippen LogP contribution in [0.5, 0.6) is 0 Å². The minimum absolute atomic E-state index is 0.182. The summed E-state index contributed by atoms with van der Waals surface area (Å²) in [5, 5.41) is 12.1. The Morgan fingerprint density at radius 3 is 2.00 bits per heavy atom. The summed E-state index contributed by atoms with van der Waals surface area (Å²) in [6.45, 7) is 0.182. The van der Waals surface area contributed by atoms with Crippen molar-refractivity contribution in [1.82, 2.24) is 10.2 Å². The molecule has 0 saturated heterocycles. The van der Waals surface area contributed by atoms with Crippen LogP contribution in [-0.2, 0) is 40.2 Å². The van der Waals surface area contributed by atoms with E-state index < -0.39 is 29.2 Å². The minimum Gasteiger partial charge on any atom is -0.480 e. The zero-order valence-corrected chi connectivity index (χ0v) is 20.1. The standard InChI is InChI=1S/C28H28N2O4S/c31-26(25(35)16-20-11-5-2-6-12-20)29-23(15-19-9-3-1-4-10-19)27(32)30-18-22-14-8-7-13-21(22)17-24(30)28(33)34/h1-14,23-25,35H,15-18H2,(H,29,31)(H,33,34)/t23-,24-,25-/m0/s1. The summed E-state index contributed by atoms with van der Waals surface area (Å²) in [5.41, 5.74) is 3.67. The lowest BCUT2D eigenvalue weighted by atomic mass is 9.92. The number of nitrogens with zero attached hydrogens (tertiary/aromatic N) is 1. The van der Waals surface area contributed by atoms with Crippen LogP contribution in [0.4, 0.5) is 0 Å². The monoisotopic (exact) mass is 488 g/mol. The second kappa shape index (κ2) is 11.2. The Morgan fingerprint density at radius 2 is 1.40 bits per heavy atom. The Kier molecular flexibility index (Phi) is 7.87. The molecule has 6 nitrogen and oxygen atoms in total. The third-order valence-corrected chi connectivity index (χ3v) is 6.71. The van der Waals surface area contributed by atoms with Crippen molar-refractivity contribution < 1.29 is 19.5 Å². The molecule has 0 radical (unpaired) electrons. The lowest BCUT2D eigenvalue weighted by Crippen LogP contribution is -2.57. The highest BCUT2D eigenvalue weighted by Crippen LogP contribution is 2.25. The molecule has 0 saturated carbocycles. The number of aliphatic carboxylic acids is 1. The molecule has 7 heteroatoms. The van der Waals surface area contributed by atoms with Gasteiger partial charge in [-0.25, -0.2) is 4.79 Å². The van der Waals surface area contributed by atoms with Gasteiger partial charge in [0.05, 0.1) is 5.25 Å². The number of carboxylic acids is 1. The largest absolute Gasteiger partial charge is 0.480 e. The fourth-order valence-corrected chi connectivity index (χ4v) is 4.71. The van der Waals surface area contributed by atoms with Gasteiger partial charge in [0.2, 0.25) is 11.8 Å². The lowest BCUT2D eigenvalue weighted by molar-refractivity contribution is -0.152. The number of benzene rings is 3. The fraction of sp³-hybridized carbons (Fsp3) is 0.250. The molecule has 0 spiro atoms. The molecule has 0 fully saturated rings. The van der Waals surface area contributed by atoms with Gasteiger partial charge in [-0.1, -0.05) is 84.9 Å². The first-order chi connectivity index (χ1) is 16.9. The molecule has 1 aliphatic rings. The molecule has 0 unspecified atom stereocenters. The molecule has 2 amide bonds. The van der Waals surface area contributed by atoms with Crippen LogP contribution >= 0.6 is 12.6 Å². The van der Waals surface area contributed by atoms with E-state index in [2.05, 4.69) is 17.9 Å². The number of nitrogens with one attached hydrogen (secondary N) is 1. The predicted octanol–water partition coefficient (Wildman–Crippen LogP) is 3.29. The smallest absolute Gasteiger partial charge is 0.326 e. The lowest BCUT2D eigenvalue weighted by Gasteiger charge is -2.37. The SMILES string of the molecule is O=C(N[C@@H](Cc1ccccc1)C(=O)N1Cc2ccccc2C[C@H]1C(=O)O)[C@@H](S)Cc1ccccc1. The predicted molar refractivity (Wildman–Crippen MR) is 137 cm³/mol. The first kappa shape index (κ1) is 24.5. The number of carbonyl (C=O) groups excluding carboxylic acids is 2. The van der Waals surface area contributed by atoms with E-state index in [1.807, 2.05) is 84.9 Å². The van der Waals surface area contributed by atoms with Gasteiger partial charge in [-0.2, -0.15) is 12.6 Å². The Morgan fingerprint density at radius 1 is 0.857 bits per heavy atom. The van der Waals surface area contributed by atoms with E-state index in [0.717, 1.165) is 22.3 Å². The molecule has 35 heavy (non-hydrogen) atoms. The fourth-order valence-electron chi connectivity index (χ4n) is 4.42. The number of amides is 2. The number of hydrogen-bond acceptors (Lipinski definition) is 4. The summed E-state index contributed by atoms with van der Waals surface area (Å²) >= 11 is 4.49. The molecule has 2 N–H and O–H groups in total. The van der Waals surface area contributed by atoms with Gasteiger partial charge in [-0.05, 0) is 28.7 Å². The number of thiol groups is 1. The van der Waals surface area contributed by atoms with Crippen LogP contribution in [0.25, 0.3) is 0 Å². The molecule has 180 valence electrons. The molecule has 0 aliphatic carbocycles. The maximum atomic E-state index is 13.8. The molecule has 1 aliphatic heterocycles. The molecular weight excluding hydrogens is 460 g/mol. The summed E-state index contributed by atoms with van der Waals surface area (Å²) in [6, 6.07) is 24.6. The summed E-state index contributed by atoms with van der Waals surface area (Å²) < 4.78 is 0. The molecule has 1 heterocycles. The summed E-state index contributed by atoms with van der Waals surface area (Å²) in [4.78, 5) is 40.3. The van der Waals surface area contributed by atoms with Crippen LogP contribution in [0.2, 0.25) is 0 Å². The number of fused-ring (bicyclic) bond motifs is 1. The van der Waals surface area contributed by atoms with E-state index in [0.29, 0.717) is 6.42 Å². The maximum absolute atomic E-state index is 13.8. The highest BCUT2D eigenvalue weighted by molar-refractivity contribution is 7.81. The topological polar surface area (TPSA) is 86.7 Å². The van der Waals surface area contributed by atoms with Gasteiger partial charge in [0.25, 0.3) is 0 Å². The normalized spacial score (nSPS) is 16.6. The number of carboxylic acid groups (broad SMARTS) is 1. The third kappa shape index (κ3) is 6.11. The van der Waals surface area contributed by atoms with Crippen molar-refractivity contribution in [3.8, 4) is 0 Å². The van der Waals surface area contributed by atoms with Crippen molar-refractivity contribution in [3.63, 3.8) is 0 Å². The van der Waals surface area contributed by atoms with Crippen molar-refractivity contribution >= 4 is 30.4 Å². The van der Waals surface area contributed by atoms with Crippen molar-refractivity contribution in [2.24, 2.45) is 0 Å². The van der Waals surface area contributed by atoms with E-state index in [4.69, 9.17) is 0 Å². The number of rotatable bonds is 8. The third-order valence-electron chi connectivity index (χ3n) is 6.29. The van der Waals surface area contributed by atoms with E-state index in [1.165, 1.54) is 4.90 Å². The quantitative estimate of drug-likeness (QED) is 0.425. The molecule has 0 bridgehead atoms. The Hall–Kier alpha value is -3.58. The van der Waals surface area contributed by atoms with Crippen molar-refractivity contribution in [3.05, 3.63) is 107 Å². The van der Waals surface area contributed by atoms with E-state index in [9.17, 15) is 19.5 Å². The van der Waals surface area contributed by atoms with Gasteiger partial charge in [-0.3, -0.25) is 9.59 Å². The Labute approximate surface area is 210 Å². The van der Waals surface area contributed by atoms with Gasteiger partial charge in [0.15, 0.2) is 0 Å². The highest BCUT2D eigenvalue weighted by atomic mass is 32.1. The number of hydrogen-bond donors (Lipinski definition) is 3. The summed E-state index contributed by atoms with van der Waals surface area (Å²) in [5.74, 6) is -1.84. The maximum Gasteiger partial charge on any atom is 0.326 e. The van der Waals surface area contributed by atoms with Gasteiger partial charge >= 0.3 is 5.97 Å². The van der Waals surface area contributed by atoms with Crippen LogP contribution < -0.4 is 5.32 Å². The Bertz CT molecular complexity index is 1190. The molecule has 3 aromatic carbocycles. The van der Waals surface area contributed by atoms with Crippen LogP contribution in [0.1, 0.15) is 22.3 Å². The van der Waals surface area contributed by atoms with Crippen LogP contribution in [0.3, 0.4) is 0 Å². The van der Waals surface area contributed by atoms with Gasteiger partial charge in [0.1, 0.15) is 12.1 Å². The molecule has 3 atom stereocenters.